The van der Waals surface area contributed by atoms with Gasteiger partial charge in [-0.1, -0.05) is 5.92 Å². The van der Waals surface area contributed by atoms with Crippen LogP contribution in [0, 0.1) is 12.3 Å². The lowest BCUT2D eigenvalue weighted by Crippen LogP contribution is -2.39. The maximum atomic E-state index is 5.32. The molecule has 0 aliphatic carbocycles. The molecule has 0 radical (unpaired) electrons. The number of hydrogen-bond acceptors (Lipinski definition) is 2. The average Bonchev–Trinajstić information content (AvgIpc) is 2.52. The Kier molecular flexibility index (Phi) is 3.77. The first-order valence-electron chi connectivity index (χ1n) is 5.09. The van der Waals surface area contributed by atoms with Gasteiger partial charge in [-0.15, -0.1) is 6.42 Å². The molecule has 2 unspecified atom stereocenters. The lowest BCUT2D eigenvalue weighted by atomic mass is 10.2. The van der Waals surface area contributed by atoms with Gasteiger partial charge >= 0.3 is 0 Å². The van der Waals surface area contributed by atoms with Crippen LogP contribution in [0.5, 0.6) is 0 Å². The first-order valence-corrected chi connectivity index (χ1v) is 5.09. The standard InChI is InChI=1S/C11H20N2/c1-5-10(4)12-11-6-7-13(8-11)9(2)3/h1,9-12H,6-8H2,2-4H3. The van der Waals surface area contributed by atoms with Gasteiger partial charge in [0.05, 0.1) is 6.04 Å². The molecule has 2 heteroatoms. The average molecular weight is 180 g/mol. The van der Waals surface area contributed by atoms with E-state index in [1.807, 2.05) is 6.92 Å². The topological polar surface area (TPSA) is 15.3 Å². The molecule has 1 aliphatic heterocycles. The Morgan fingerprint density at radius 1 is 1.46 bits per heavy atom. The molecule has 0 aromatic carbocycles. The summed E-state index contributed by atoms with van der Waals surface area (Å²) in [5.74, 6) is 2.71. The first kappa shape index (κ1) is 10.6. The molecular weight excluding hydrogens is 160 g/mol. The molecular formula is C11H20N2. The van der Waals surface area contributed by atoms with Gasteiger partial charge in [-0.3, -0.25) is 10.2 Å². The van der Waals surface area contributed by atoms with Crippen LogP contribution >= 0.6 is 0 Å². The minimum Gasteiger partial charge on any atom is -0.300 e. The smallest absolute Gasteiger partial charge is 0.0660 e. The van der Waals surface area contributed by atoms with Crippen LogP contribution in [0.1, 0.15) is 27.2 Å². The summed E-state index contributed by atoms with van der Waals surface area (Å²) >= 11 is 0. The molecule has 0 aromatic rings. The normalized spacial score (nSPS) is 26.2. The van der Waals surface area contributed by atoms with E-state index in [2.05, 4.69) is 30.0 Å². The second-order valence-corrected chi connectivity index (χ2v) is 4.13. The maximum absolute atomic E-state index is 5.32. The molecule has 1 rings (SSSR count). The van der Waals surface area contributed by atoms with Gasteiger partial charge in [-0.25, -0.2) is 0 Å². The van der Waals surface area contributed by atoms with Gasteiger partial charge in [0.25, 0.3) is 0 Å². The third-order valence-corrected chi connectivity index (χ3v) is 2.69. The van der Waals surface area contributed by atoms with E-state index in [4.69, 9.17) is 6.42 Å². The van der Waals surface area contributed by atoms with Crippen LogP contribution in [0.2, 0.25) is 0 Å². The summed E-state index contributed by atoms with van der Waals surface area (Å²) in [6.45, 7) is 8.87. The van der Waals surface area contributed by atoms with Crippen molar-refractivity contribution in [1.82, 2.24) is 10.2 Å². The van der Waals surface area contributed by atoms with Crippen LogP contribution in [0.15, 0.2) is 0 Å². The molecule has 0 bridgehead atoms. The van der Waals surface area contributed by atoms with E-state index < -0.39 is 0 Å². The fourth-order valence-corrected chi connectivity index (χ4v) is 1.79. The van der Waals surface area contributed by atoms with Crippen molar-refractivity contribution in [3.05, 3.63) is 0 Å². The Balaban J connectivity index is 2.30. The van der Waals surface area contributed by atoms with Crippen molar-refractivity contribution in [1.29, 1.82) is 0 Å². The molecule has 13 heavy (non-hydrogen) atoms. The highest BCUT2D eigenvalue weighted by molar-refractivity contribution is 4.98. The molecule has 74 valence electrons. The number of nitrogens with zero attached hydrogens (tertiary/aromatic N) is 1. The lowest BCUT2D eigenvalue weighted by Gasteiger charge is -2.21. The summed E-state index contributed by atoms with van der Waals surface area (Å²) in [4.78, 5) is 2.49. The van der Waals surface area contributed by atoms with E-state index in [1.165, 1.54) is 13.0 Å². The fraction of sp³-hybridized carbons (Fsp3) is 0.818. The highest BCUT2D eigenvalue weighted by Crippen LogP contribution is 2.12. The van der Waals surface area contributed by atoms with E-state index in [-0.39, 0.29) is 6.04 Å². The molecule has 0 spiro atoms. The van der Waals surface area contributed by atoms with Crippen molar-refractivity contribution in [2.45, 2.75) is 45.3 Å². The maximum Gasteiger partial charge on any atom is 0.0660 e. The summed E-state index contributed by atoms with van der Waals surface area (Å²) in [7, 11) is 0. The minimum atomic E-state index is 0.206. The van der Waals surface area contributed by atoms with Crippen LogP contribution in [0.3, 0.4) is 0 Å². The zero-order chi connectivity index (χ0) is 9.84. The van der Waals surface area contributed by atoms with Gasteiger partial charge in [-0.05, 0) is 33.7 Å². The molecule has 0 amide bonds. The monoisotopic (exact) mass is 180 g/mol. The minimum absolute atomic E-state index is 0.206. The number of likely N-dealkylation sites (tertiary alicyclic amines) is 1. The van der Waals surface area contributed by atoms with Gasteiger partial charge < -0.3 is 0 Å². The van der Waals surface area contributed by atoms with Crippen molar-refractivity contribution < 1.29 is 0 Å². The van der Waals surface area contributed by atoms with Crippen molar-refractivity contribution in [3.63, 3.8) is 0 Å². The summed E-state index contributed by atoms with van der Waals surface area (Å²) in [6.07, 6.45) is 6.54. The highest BCUT2D eigenvalue weighted by atomic mass is 15.2. The third kappa shape index (κ3) is 3.02. The molecule has 1 N–H and O–H groups in total. The summed E-state index contributed by atoms with van der Waals surface area (Å²) in [5, 5.41) is 3.44. The second-order valence-electron chi connectivity index (χ2n) is 4.13. The van der Waals surface area contributed by atoms with Crippen molar-refractivity contribution in [2.24, 2.45) is 0 Å². The number of rotatable bonds is 3. The SMILES string of the molecule is C#CC(C)NC1CCN(C(C)C)C1. The van der Waals surface area contributed by atoms with E-state index in [1.54, 1.807) is 0 Å². The predicted octanol–water partition coefficient (Wildman–Crippen LogP) is 1.08. The van der Waals surface area contributed by atoms with Crippen LogP contribution in [0.4, 0.5) is 0 Å². The van der Waals surface area contributed by atoms with Gasteiger partial charge in [0.1, 0.15) is 0 Å². The van der Waals surface area contributed by atoms with Crippen molar-refractivity contribution in [2.75, 3.05) is 13.1 Å². The Morgan fingerprint density at radius 2 is 2.15 bits per heavy atom. The molecule has 0 aromatic heterocycles. The molecule has 1 heterocycles. The van der Waals surface area contributed by atoms with Crippen LogP contribution in [-0.4, -0.2) is 36.1 Å². The van der Waals surface area contributed by atoms with Gasteiger partial charge in [-0.2, -0.15) is 0 Å². The van der Waals surface area contributed by atoms with Crippen LogP contribution in [-0.2, 0) is 0 Å². The Morgan fingerprint density at radius 3 is 2.62 bits per heavy atom. The molecule has 1 aliphatic rings. The number of terminal acetylenes is 1. The quantitative estimate of drug-likeness (QED) is 0.654. The summed E-state index contributed by atoms with van der Waals surface area (Å²) < 4.78 is 0. The molecule has 1 saturated heterocycles. The number of nitrogens with one attached hydrogen (secondary N) is 1. The Bertz CT molecular complexity index is 193. The van der Waals surface area contributed by atoms with Gasteiger partial charge in [0.2, 0.25) is 0 Å². The molecule has 1 fully saturated rings. The molecule has 2 atom stereocenters. The van der Waals surface area contributed by atoms with Crippen LogP contribution in [0.25, 0.3) is 0 Å². The lowest BCUT2D eigenvalue weighted by molar-refractivity contribution is 0.267. The second kappa shape index (κ2) is 4.64. The van der Waals surface area contributed by atoms with E-state index in [0.717, 1.165) is 6.54 Å². The molecule has 0 saturated carbocycles. The Labute approximate surface area is 81.7 Å². The first-order chi connectivity index (χ1) is 6.13. The molecule has 2 nitrogen and oxygen atoms in total. The number of hydrogen-bond donors (Lipinski definition) is 1. The predicted molar refractivity (Wildman–Crippen MR) is 56.5 cm³/mol. The van der Waals surface area contributed by atoms with Crippen molar-refractivity contribution in [3.8, 4) is 12.3 Å². The summed E-state index contributed by atoms with van der Waals surface area (Å²) in [6, 6.07) is 1.46. The van der Waals surface area contributed by atoms with E-state index in [9.17, 15) is 0 Å². The largest absolute Gasteiger partial charge is 0.300 e. The third-order valence-electron chi connectivity index (χ3n) is 2.69. The van der Waals surface area contributed by atoms with Crippen molar-refractivity contribution >= 4 is 0 Å². The van der Waals surface area contributed by atoms with Crippen LogP contribution < -0.4 is 5.32 Å². The van der Waals surface area contributed by atoms with Gasteiger partial charge in [0.15, 0.2) is 0 Å². The Hall–Kier alpha value is -0.520. The zero-order valence-corrected chi connectivity index (χ0v) is 8.88. The van der Waals surface area contributed by atoms with E-state index >= 15 is 0 Å². The fourth-order valence-electron chi connectivity index (χ4n) is 1.79. The zero-order valence-electron chi connectivity index (χ0n) is 8.88. The summed E-state index contributed by atoms with van der Waals surface area (Å²) in [5.41, 5.74) is 0. The van der Waals surface area contributed by atoms with E-state index in [0.29, 0.717) is 12.1 Å². The van der Waals surface area contributed by atoms with Gasteiger partial charge in [0, 0.05) is 18.6 Å². The highest BCUT2D eigenvalue weighted by Gasteiger charge is 2.24.